The predicted octanol–water partition coefficient (Wildman–Crippen LogP) is 2.61. The Bertz CT molecular complexity index is 610. The molecule has 0 saturated heterocycles. The monoisotopic (exact) mass is 325 g/mol. The number of rotatable bonds is 4. The zero-order chi connectivity index (χ0) is 15.9. The van der Waals surface area contributed by atoms with Crippen LogP contribution in [0.3, 0.4) is 0 Å². The second-order valence-electron chi connectivity index (χ2n) is 6.52. The van der Waals surface area contributed by atoms with E-state index in [1.807, 2.05) is 7.05 Å². The summed E-state index contributed by atoms with van der Waals surface area (Å²) in [7, 11) is 3.64. The largest absolute Gasteiger partial charge is 0.378 e. The summed E-state index contributed by atoms with van der Waals surface area (Å²) in [5.41, 5.74) is 0.706. The Morgan fingerprint density at radius 1 is 1.50 bits per heavy atom. The Balaban J connectivity index is 1.88. The van der Waals surface area contributed by atoms with Crippen molar-refractivity contribution in [1.29, 1.82) is 0 Å². The SMILES string of the molecule is CCOC1CC(N(C)c2cnn(C)c(=O)c2Cl)C12CCCC2. The number of hydrogen-bond acceptors (Lipinski definition) is 4. The van der Waals surface area contributed by atoms with Gasteiger partial charge in [0.1, 0.15) is 5.02 Å². The molecule has 1 heterocycles. The standard InChI is InChI=1S/C16H24ClN3O2/c1-4-22-13-9-12(16(13)7-5-6-8-16)19(2)11-10-18-20(3)15(21)14(11)17/h10,12-13H,4-9H2,1-3H3. The fraction of sp³-hybridized carbons (Fsp3) is 0.750. The lowest BCUT2D eigenvalue weighted by molar-refractivity contribution is -0.121. The van der Waals surface area contributed by atoms with Crippen molar-refractivity contribution < 1.29 is 4.74 Å². The molecule has 0 aliphatic heterocycles. The van der Waals surface area contributed by atoms with Crippen LogP contribution >= 0.6 is 11.6 Å². The Labute approximate surface area is 136 Å². The Morgan fingerprint density at radius 2 is 2.18 bits per heavy atom. The van der Waals surface area contributed by atoms with Gasteiger partial charge in [-0.1, -0.05) is 24.4 Å². The van der Waals surface area contributed by atoms with Crippen LogP contribution in [0.1, 0.15) is 39.0 Å². The van der Waals surface area contributed by atoms with Gasteiger partial charge in [-0.15, -0.1) is 0 Å². The predicted molar refractivity (Wildman–Crippen MR) is 87.6 cm³/mol. The van der Waals surface area contributed by atoms with Crippen molar-refractivity contribution >= 4 is 17.3 Å². The lowest BCUT2D eigenvalue weighted by atomic mass is 9.60. The van der Waals surface area contributed by atoms with Gasteiger partial charge in [0.15, 0.2) is 0 Å². The molecular weight excluding hydrogens is 302 g/mol. The molecule has 2 fully saturated rings. The summed E-state index contributed by atoms with van der Waals surface area (Å²) >= 11 is 6.26. The first kappa shape index (κ1) is 15.8. The first-order chi connectivity index (χ1) is 10.5. The van der Waals surface area contributed by atoms with E-state index >= 15 is 0 Å². The van der Waals surface area contributed by atoms with Gasteiger partial charge in [-0.3, -0.25) is 4.79 Å². The molecule has 122 valence electrons. The van der Waals surface area contributed by atoms with Crippen LogP contribution in [0.2, 0.25) is 5.02 Å². The van der Waals surface area contributed by atoms with E-state index in [1.165, 1.54) is 30.4 Å². The van der Waals surface area contributed by atoms with Crippen LogP contribution in [-0.4, -0.2) is 35.6 Å². The summed E-state index contributed by atoms with van der Waals surface area (Å²) in [6.07, 6.45) is 7.94. The third-order valence-corrected chi connectivity index (χ3v) is 5.91. The van der Waals surface area contributed by atoms with E-state index in [0.717, 1.165) is 18.7 Å². The molecule has 2 saturated carbocycles. The van der Waals surface area contributed by atoms with E-state index in [0.29, 0.717) is 12.1 Å². The zero-order valence-corrected chi connectivity index (χ0v) is 14.3. The average Bonchev–Trinajstić information content (AvgIpc) is 3.01. The highest BCUT2D eigenvalue weighted by Gasteiger charge is 2.58. The number of halogens is 1. The number of anilines is 1. The van der Waals surface area contributed by atoms with E-state index in [1.54, 1.807) is 13.2 Å². The van der Waals surface area contributed by atoms with Crippen LogP contribution in [0.4, 0.5) is 5.69 Å². The minimum Gasteiger partial charge on any atom is -0.378 e. The number of aryl methyl sites for hydroxylation is 1. The molecule has 6 heteroatoms. The summed E-state index contributed by atoms with van der Waals surface area (Å²) in [4.78, 5) is 14.2. The molecule has 0 bridgehead atoms. The second-order valence-corrected chi connectivity index (χ2v) is 6.90. The first-order valence-corrected chi connectivity index (χ1v) is 8.45. The number of aromatic nitrogens is 2. The van der Waals surface area contributed by atoms with E-state index in [-0.39, 0.29) is 16.0 Å². The van der Waals surface area contributed by atoms with Gasteiger partial charge in [-0.2, -0.15) is 5.10 Å². The molecule has 1 aromatic rings. The van der Waals surface area contributed by atoms with Crippen LogP contribution < -0.4 is 10.5 Å². The van der Waals surface area contributed by atoms with Crippen molar-refractivity contribution in [3.63, 3.8) is 0 Å². The van der Waals surface area contributed by atoms with Crippen molar-refractivity contribution in [3.8, 4) is 0 Å². The maximum atomic E-state index is 12.0. The molecule has 2 atom stereocenters. The van der Waals surface area contributed by atoms with Gasteiger partial charge < -0.3 is 9.64 Å². The second kappa shape index (κ2) is 5.85. The molecule has 3 rings (SSSR count). The maximum Gasteiger partial charge on any atom is 0.287 e. The van der Waals surface area contributed by atoms with E-state index in [9.17, 15) is 4.79 Å². The third kappa shape index (κ3) is 2.26. The van der Waals surface area contributed by atoms with Crippen LogP contribution in [-0.2, 0) is 11.8 Å². The smallest absolute Gasteiger partial charge is 0.287 e. The summed E-state index contributed by atoms with van der Waals surface area (Å²) in [5.74, 6) is 0. The van der Waals surface area contributed by atoms with Gasteiger partial charge >= 0.3 is 0 Å². The van der Waals surface area contributed by atoms with Gasteiger partial charge in [-0.05, 0) is 26.2 Å². The Morgan fingerprint density at radius 3 is 2.82 bits per heavy atom. The van der Waals surface area contributed by atoms with Gasteiger partial charge in [0.05, 0.1) is 18.0 Å². The normalized spacial score (nSPS) is 26.2. The summed E-state index contributed by atoms with van der Waals surface area (Å²) in [6, 6.07) is 0.373. The molecule has 0 aromatic carbocycles. The topological polar surface area (TPSA) is 47.4 Å². The number of ether oxygens (including phenoxy) is 1. The minimum absolute atomic E-state index is 0.217. The summed E-state index contributed by atoms with van der Waals surface area (Å²) in [6.45, 7) is 2.82. The minimum atomic E-state index is -0.243. The molecular formula is C16H24ClN3O2. The Hall–Kier alpha value is -1.07. The molecule has 5 nitrogen and oxygen atoms in total. The lowest BCUT2D eigenvalue weighted by Gasteiger charge is -2.57. The van der Waals surface area contributed by atoms with Crippen molar-refractivity contribution in [2.75, 3.05) is 18.6 Å². The highest BCUT2D eigenvalue weighted by Crippen LogP contribution is 2.57. The zero-order valence-electron chi connectivity index (χ0n) is 13.5. The van der Waals surface area contributed by atoms with Gasteiger partial charge in [-0.25, -0.2) is 4.68 Å². The maximum absolute atomic E-state index is 12.0. The third-order valence-electron chi connectivity index (χ3n) is 5.55. The summed E-state index contributed by atoms with van der Waals surface area (Å²) in [5, 5.41) is 4.38. The highest BCUT2D eigenvalue weighted by molar-refractivity contribution is 6.33. The van der Waals surface area contributed by atoms with Crippen LogP contribution in [0, 0.1) is 5.41 Å². The van der Waals surface area contributed by atoms with Crippen molar-refractivity contribution in [2.45, 2.75) is 51.2 Å². The molecule has 1 spiro atoms. The lowest BCUT2D eigenvalue weighted by Crippen LogP contribution is -2.63. The summed E-state index contributed by atoms with van der Waals surface area (Å²) < 4.78 is 7.24. The molecule has 0 radical (unpaired) electrons. The highest BCUT2D eigenvalue weighted by atomic mass is 35.5. The van der Waals surface area contributed by atoms with Crippen LogP contribution in [0.15, 0.2) is 11.0 Å². The van der Waals surface area contributed by atoms with Gasteiger partial charge in [0, 0.05) is 32.2 Å². The number of hydrogen-bond donors (Lipinski definition) is 0. The molecule has 2 aliphatic carbocycles. The fourth-order valence-electron chi connectivity index (χ4n) is 4.31. The molecule has 2 aliphatic rings. The first-order valence-electron chi connectivity index (χ1n) is 8.07. The van der Waals surface area contributed by atoms with Crippen molar-refractivity contribution in [1.82, 2.24) is 9.78 Å². The van der Waals surface area contributed by atoms with E-state index < -0.39 is 0 Å². The molecule has 2 unspecified atom stereocenters. The van der Waals surface area contributed by atoms with Crippen molar-refractivity contribution in [2.24, 2.45) is 12.5 Å². The molecule has 0 amide bonds. The van der Waals surface area contributed by atoms with Crippen LogP contribution in [0.25, 0.3) is 0 Å². The van der Waals surface area contributed by atoms with Crippen LogP contribution in [0.5, 0.6) is 0 Å². The van der Waals surface area contributed by atoms with E-state index in [2.05, 4.69) is 16.9 Å². The molecule has 1 aromatic heterocycles. The van der Waals surface area contributed by atoms with Gasteiger partial charge in [0.2, 0.25) is 0 Å². The van der Waals surface area contributed by atoms with Crippen molar-refractivity contribution in [3.05, 3.63) is 21.6 Å². The number of nitrogens with zero attached hydrogens (tertiary/aromatic N) is 3. The average molecular weight is 326 g/mol. The quantitative estimate of drug-likeness (QED) is 0.853. The van der Waals surface area contributed by atoms with E-state index in [4.69, 9.17) is 16.3 Å². The molecule has 22 heavy (non-hydrogen) atoms. The van der Waals surface area contributed by atoms with Gasteiger partial charge in [0.25, 0.3) is 5.56 Å². The Kier molecular flexibility index (Phi) is 4.21. The molecule has 0 N–H and O–H groups in total. The fourth-order valence-corrected chi connectivity index (χ4v) is 4.61.